The number of benzene rings is 12. The van der Waals surface area contributed by atoms with Gasteiger partial charge in [-0.3, -0.25) is 0 Å². The quantitative estimate of drug-likeness (QED) is 0.147. The van der Waals surface area contributed by atoms with Crippen molar-refractivity contribution in [2.45, 2.75) is 5.41 Å². The summed E-state index contributed by atoms with van der Waals surface area (Å²) in [6, 6.07) is 101. The van der Waals surface area contributed by atoms with Crippen LogP contribution in [0.2, 0.25) is 0 Å². The molecule has 0 atom stereocenters. The average molecular weight is 920 g/mol. The van der Waals surface area contributed by atoms with Gasteiger partial charge in [-0.1, -0.05) is 224 Å². The van der Waals surface area contributed by atoms with Crippen LogP contribution in [0.25, 0.3) is 86.2 Å². The van der Waals surface area contributed by atoms with E-state index in [1.807, 2.05) is 11.3 Å². The molecule has 0 saturated carbocycles. The Balaban J connectivity index is 0.939. The van der Waals surface area contributed by atoms with Crippen LogP contribution in [0.4, 0.5) is 17.1 Å². The molecule has 0 spiro atoms. The second-order valence-corrected chi connectivity index (χ2v) is 19.8. The lowest BCUT2D eigenvalue weighted by atomic mass is 9.67. The highest BCUT2D eigenvalue weighted by Crippen LogP contribution is 2.57. The molecule has 1 heterocycles. The van der Waals surface area contributed by atoms with Crippen LogP contribution in [-0.4, -0.2) is 0 Å². The van der Waals surface area contributed by atoms with Crippen LogP contribution < -0.4 is 4.90 Å². The summed E-state index contributed by atoms with van der Waals surface area (Å²) in [4.78, 5) is 2.47. The van der Waals surface area contributed by atoms with E-state index in [2.05, 4.69) is 278 Å². The summed E-state index contributed by atoms with van der Waals surface area (Å²) in [5.41, 5.74) is 17.9. The minimum atomic E-state index is -0.465. The van der Waals surface area contributed by atoms with Crippen molar-refractivity contribution in [3.63, 3.8) is 0 Å². The zero-order valence-corrected chi connectivity index (χ0v) is 39.7. The summed E-state index contributed by atoms with van der Waals surface area (Å²) in [6.45, 7) is 0. The molecule has 1 aliphatic carbocycles. The van der Waals surface area contributed by atoms with Gasteiger partial charge in [-0.25, -0.2) is 0 Å². The van der Waals surface area contributed by atoms with Gasteiger partial charge in [0.25, 0.3) is 0 Å². The maximum atomic E-state index is 2.47. The summed E-state index contributed by atoms with van der Waals surface area (Å²) >= 11 is 1.89. The van der Waals surface area contributed by atoms with Crippen molar-refractivity contribution in [2.24, 2.45) is 0 Å². The highest BCUT2D eigenvalue weighted by Gasteiger charge is 2.46. The molecule has 332 valence electrons. The zero-order valence-electron chi connectivity index (χ0n) is 38.8. The molecule has 0 fully saturated rings. The molecule has 0 amide bonds. The van der Waals surface area contributed by atoms with Gasteiger partial charge >= 0.3 is 0 Å². The third-order valence-corrected chi connectivity index (χ3v) is 16.2. The molecule has 0 N–H and O–H groups in total. The molecule has 0 bridgehead atoms. The molecule has 71 heavy (non-hydrogen) atoms. The molecule has 1 nitrogen and oxygen atoms in total. The van der Waals surface area contributed by atoms with Crippen molar-refractivity contribution in [3.8, 4) is 44.5 Å². The molecule has 13 aromatic rings. The summed E-state index contributed by atoms with van der Waals surface area (Å²) in [6.07, 6.45) is 0. The van der Waals surface area contributed by atoms with Crippen molar-refractivity contribution in [2.75, 3.05) is 4.90 Å². The largest absolute Gasteiger partial charge is 0.310 e. The fourth-order valence-electron chi connectivity index (χ4n) is 11.7. The SMILES string of the molecule is c1ccc(C2(c3ccccc3)c3ccccc3-c3ccc(-c4ccc(N(c5ccc(-c6ccc7ccccc7c6)cc5)c5ccc(-c6cccc7ccccc67)c6sc7ccccc7c56)cc4)cc32)cc1. The molecule has 0 radical (unpaired) electrons. The Labute approximate surface area is 417 Å². The summed E-state index contributed by atoms with van der Waals surface area (Å²) in [7, 11) is 0. The van der Waals surface area contributed by atoms with Gasteiger partial charge in [0.1, 0.15) is 0 Å². The first-order chi connectivity index (χ1) is 35.2. The molecular formula is C69H45NS. The fraction of sp³-hybridized carbons (Fsp3) is 0.0145. The summed E-state index contributed by atoms with van der Waals surface area (Å²) in [5.74, 6) is 0. The summed E-state index contributed by atoms with van der Waals surface area (Å²) in [5, 5.41) is 7.52. The molecule has 0 unspecified atom stereocenters. The molecule has 1 aromatic heterocycles. The fourth-order valence-corrected chi connectivity index (χ4v) is 12.9. The first kappa shape index (κ1) is 41.2. The van der Waals surface area contributed by atoms with Crippen molar-refractivity contribution >= 4 is 70.1 Å². The lowest BCUT2D eigenvalue weighted by Gasteiger charge is -2.34. The van der Waals surface area contributed by atoms with E-state index in [0.717, 1.165) is 17.1 Å². The van der Waals surface area contributed by atoms with Crippen LogP contribution in [0, 0.1) is 0 Å². The third-order valence-electron chi connectivity index (χ3n) is 15.0. The van der Waals surface area contributed by atoms with Gasteiger partial charge in [0.2, 0.25) is 0 Å². The van der Waals surface area contributed by atoms with E-state index in [9.17, 15) is 0 Å². The zero-order chi connectivity index (χ0) is 46.9. The second-order valence-electron chi connectivity index (χ2n) is 18.7. The first-order valence-electron chi connectivity index (χ1n) is 24.5. The van der Waals surface area contributed by atoms with E-state index in [1.54, 1.807) is 0 Å². The highest BCUT2D eigenvalue weighted by molar-refractivity contribution is 7.26. The topological polar surface area (TPSA) is 3.24 Å². The monoisotopic (exact) mass is 919 g/mol. The Morgan fingerprint density at radius 3 is 1.56 bits per heavy atom. The van der Waals surface area contributed by atoms with Crippen LogP contribution in [0.3, 0.4) is 0 Å². The Hall–Kier alpha value is -8.82. The van der Waals surface area contributed by atoms with Crippen molar-refractivity contribution in [1.82, 2.24) is 0 Å². The molecule has 0 aliphatic heterocycles. The smallest absolute Gasteiger partial charge is 0.0713 e. The lowest BCUT2D eigenvalue weighted by Crippen LogP contribution is -2.28. The third kappa shape index (κ3) is 6.60. The molecule has 1 aliphatic rings. The van der Waals surface area contributed by atoms with Gasteiger partial charge in [-0.05, 0) is 131 Å². The molecule has 0 saturated heterocycles. The van der Waals surface area contributed by atoms with Gasteiger partial charge in [0.05, 0.1) is 11.1 Å². The van der Waals surface area contributed by atoms with E-state index >= 15 is 0 Å². The molecular weight excluding hydrogens is 875 g/mol. The van der Waals surface area contributed by atoms with Crippen LogP contribution in [0.1, 0.15) is 22.3 Å². The standard InChI is InChI=1S/C69H45NS/c1-3-20-53(21-4-1)69(54-22-5-2-6-23-54)63-28-13-11-25-59(63)60-41-36-52(45-64(60)69)48-34-39-56(40-35-48)70(55-37-32-47(33-38-55)51-31-30-46-16-7-8-18-50(46)44-51)65-43-42-61(58-27-15-19-49-17-9-10-24-57(49)58)68-67(65)62-26-12-14-29-66(62)71-68/h1-45H. The first-order valence-corrected chi connectivity index (χ1v) is 25.3. The normalized spacial score (nSPS) is 12.6. The predicted molar refractivity (Wildman–Crippen MR) is 303 cm³/mol. The number of rotatable bonds is 8. The maximum absolute atomic E-state index is 2.47. The van der Waals surface area contributed by atoms with Crippen LogP contribution >= 0.6 is 11.3 Å². The Kier molecular flexibility index (Phi) is 9.69. The van der Waals surface area contributed by atoms with E-state index in [4.69, 9.17) is 0 Å². The molecule has 12 aromatic carbocycles. The van der Waals surface area contributed by atoms with Crippen LogP contribution in [0.15, 0.2) is 273 Å². The number of fused-ring (bicyclic) bond motifs is 8. The Bertz CT molecular complexity index is 4110. The van der Waals surface area contributed by atoms with Crippen molar-refractivity contribution in [1.29, 1.82) is 0 Å². The van der Waals surface area contributed by atoms with E-state index in [1.165, 1.54) is 108 Å². The number of thiophene rings is 1. The predicted octanol–water partition coefficient (Wildman–Crippen LogP) is 19.2. The summed E-state index contributed by atoms with van der Waals surface area (Å²) < 4.78 is 2.56. The molecule has 14 rings (SSSR count). The van der Waals surface area contributed by atoms with Gasteiger partial charge in [0.15, 0.2) is 0 Å². The Morgan fingerprint density at radius 1 is 0.310 bits per heavy atom. The lowest BCUT2D eigenvalue weighted by molar-refractivity contribution is 0.769. The minimum Gasteiger partial charge on any atom is -0.310 e. The number of hydrogen-bond donors (Lipinski definition) is 0. The average Bonchev–Trinajstić information content (AvgIpc) is 3.99. The van der Waals surface area contributed by atoms with Crippen molar-refractivity contribution in [3.05, 3.63) is 295 Å². The number of hydrogen-bond acceptors (Lipinski definition) is 2. The second kappa shape index (κ2) is 16.7. The van der Waals surface area contributed by atoms with Crippen LogP contribution in [0.5, 0.6) is 0 Å². The van der Waals surface area contributed by atoms with Gasteiger partial charge in [-0.15, -0.1) is 11.3 Å². The van der Waals surface area contributed by atoms with E-state index < -0.39 is 5.41 Å². The number of anilines is 3. The van der Waals surface area contributed by atoms with E-state index in [0.29, 0.717) is 0 Å². The molecule has 2 heteroatoms. The number of nitrogens with zero attached hydrogens (tertiary/aromatic N) is 1. The maximum Gasteiger partial charge on any atom is 0.0713 e. The van der Waals surface area contributed by atoms with E-state index in [-0.39, 0.29) is 0 Å². The van der Waals surface area contributed by atoms with Crippen molar-refractivity contribution < 1.29 is 0 Å². The minimum absolute atomic E-state index is 0.465. The Morgan fingerprint density at radius 2 is 0.831 bits per heavy atom. The van der Waals surface area contributed by atoms with Crippen LogP contribution in [-0.2, 0) is 5.41 Å². The van der Waals surface area contributed by atoms with Gasteiger partial charge in [-0.2, -0.15) is 0 Å². The van der Waals surface area contributed by atoms with Gasteiger partial charge < -0.3 is 4.90 Å². The van der Waals surface area contributed by atoms with Gasteiger partial charge in [0, 0.05) is 37.1 Å². The highest BCUT2D eigenvalue weighted by atomic mass is 32.1.